The highest BCUT2D eigenvalue weighted by molar-refractivity contribution is 5.73. The lowest BCUT2D eigenvalue weighted by Gasteiger charge is -2.35. The van der Waals surface area contributed by atoms with E-state index in [1.54, 1.807) is 0 Å². The largest absolute Gasteiger partial charge is 0.370 e. The third-order valence-corrected chi connectivity index (χ3v) is 4.14. The molecule has 116 valence electrons. The number of aromatic nitrogens is 2. The minimum absolute atomic E-state index is 0.281. The fraction of sp³-hybridized carbons (Fsp3) is 0.688. The average Bonchev–Trinajstić information content (AvgIpc) is 2.44. The van der Waals surface area contributed by atoms with E-state index in [0.717, 1.165) is 23.8 Å². The lowest BCUT2D eigenvalue weighted by Crippen LogP contribution is -2.39. The molecule has 0 aromatic carbocycles. The minimum Gasteiger partial charge on any atom is -0.370 e. The Morgan fingerprint density at radius 2 is 2.24 bits per heavy atom. The van der Waals surface area contributed by atoms with Gasteiger partial charge in [-0.05, 0) is 52.6 Å². The van der Waals surface area contributed by atoms with Crippen LogP contribution >= 0.6 is 0 Å². The summed E-state index contributed by atoms with van der Waals surface area (Å²) in [4.78, 5) is 22.5. The third-order valence-electron chi connectivity index (χ3n) is 4.14. The van der Waals surface area contributed by atoms with Crippen LogP contribution in [-0.4, -0.2) is 39.9 Å². The molecule has 1 aliphatic heterocycles. The molecule has 5 heteroatoms. The Kier molecular flexibility index (Phi) is 5.28. The molecule has 2 heterocycles. The Hall–Kier alpha value is -1.49. The molecule has 2 rings (SSSR count). The van der Waals surface area contributed by atoms with Crippen LogP contribution in [0.4, 0.5) is 0 Å². The van der Waals surface area contributed by atoms with Crippen LogP contribution in [0.2, 0.25) is 0 Å². The summed E-state index contributed by atoms with van der Waals surface area (Å²) in [7, 11) is 0. The van der Waals surface area contributed by atoms with Crippen molar-refractivity contribution in [2.45, 2.75) is 58.4 Å². The molecular formula is C16H26N4O. The zero-order valence-electron chi connectivity index (χ0n) is 13.3. The van der Waals surface area contributed by atoms with Gasteiger partial charge in [0.2, 0.25) is 5.91 Å². The van der Waals surface area contributed by atoms with Crippen molar-refractivity contribution in [2.24, 2.45) is 5.73 Å². The van der Waals surface area contributed by atoms with Crippen LogP contribution in [0, 0.1) is 6.92 Å². The number of aryl methyl sites for hydroxylation is 2. The van der Waals surface area contributed by atoms with Crippen LogP contribution in [-0.2, 0) is 11.2 Å². The third kappa shape index (κ3) is 4.49. The highest BCUT2D eigenvalue weighted by atomic mass is 16.1. The summed E-state index contributed by atoms with van der Waals surface area (Å²) in [5, 5.41) is 0. The van der Waals surface area contributed by atoms with Gasteiger partial charge in [0.15, 0.2) is 0 Å². The predicted molar refractivity (Wildman–Crippen MR) is 83.0 cm³/mol. The van der Waals surface area contributed by atoms with Gasteiger partial charge in [-0.15, -0.1) is 0 Å². The first-order valence-electron chi connectivity index (χ1n) is 7.82. The SMILES string of the molecule is Cc1nc(CCC(N)=O)cc([C@H]2CCCN(C(C)C)C2)n1. The molecule has 0 aliphatic carbocycles. The summed E-state index contributed by atoms with van der Waals surface area (Å²) < 4.78 is 0. The van der Waals surface area contributed by atoms with Crippen molar-refractivity contribution in [3.05, 3.63) is 23.3 Å². The highest BCUT2D eigenvalue weighted by Gasteiger charge is 2.24. The van der Waals surface area contributed by atoms with Crippen molar-refractivity contribution in [2.75, 3.05) is 13.1 Å². The van der Waals surface area contributed by atoms with Crippen LogP contribution in [0.5, 0.6) is 0 Å². The number of nitrogens with two attached hydrogens (primary N) is 1. The molecule has 1 amide bonds. The first-order valence-corrected chi connectivity index (χ1v) is 7.82. The van der Waals surface area contributed by atoms with E-state index in [9.17, 15) is 4.79 Å². The molecule has 0 unspecified atom stereocenters. The average molecular weight is 290 g/mol. The summed E-state index contributed by atoms with van der Waals surface area (Å²) in [6.07, 6.45) is 3.34. The van der Waals surface area contributed by atoms with Crippen molar-refractivity contribution in [1.82, 2.24) is 14.9 Å². The Balaban J connectivity index is 2.13. The number of likely N-dealkylation sites (tertiary alicyclic amines) is 1. The molecular weight excluding hydrogens is 264 g/mol. The zero-order chi connectivity index (χ0) is 15.4. The normalized spacial score (nSPS) is 19.9. The van der Waals surface area contributed by atoms with Crippen LogP contribution in [0.25, 0.3) is 0 Å². The number of primary amides is 1. The van der Waals surface area contributed by atoms with E-state index >= 15 is 0 Å². The Morgan fingerprint density at radius 3 is 2.90 bits per heavy atom. The molecule has 21 heavy (non-hydrogen) atoms. The predicted octanol–water partition coefficient (Wildman–Crippen LogP) is 1.79. The molecule has 1 aromatic rings. The maximum Gasteiger partial charge on any atom is 0.217 e. The molecule has 0 bridgehead atoms. The van der Waals surface area contributed by atoms with E-state index in [0.29, 0.717) is 24.8 Å². The number of nitrogens with zero attached hydrogens (tertiary/aromatic N) is 3. The van der Waals surface area contributed by atoms with Crippen LogP contribution in [0.15, 0.2) is 6.07 Å². The van der Waals surface area contributed by atoms with Crippen molar-refractivity contribution in [1.29, 1.82) is 0 Å². The van der Waals surface area contributed by atoms with Gasteiger partial charge in [0.05, 0.1) is 0 Å². The lowest BCUT2D eigenvalue weighted by molar-refractivity contribution is -0.118. The Labute approximate surface area is 127 Å². The van der Waals surface area contributed by atoms with E-state index in [4.69, 9.17) is 5.73 Å². The standard InChI is InChI=1S/C16H26N4O/c1-11(2)20-8-4-5-13(10-20)15-9-14(6-7-16(17)21)18-12(3)19-15/h9,11,13H,4-8,10H2,1-3H3,(H2,17,21)/t13-/m0/s1. The number of hydrogen-bond donors (Lipinski definition) is 1. The zero-order valence-corrected chi connectivity index (χ0v) is 13.3. The van der Waals surface area contributed by atoms with Gasteiger partial charge in [0.1, 0.15) is 5.82 Å². The lowest BCUT2D eigenvalue weighted by atomic mass is 9.93. The van der Waals surface area contributed by atoms with Crippen LogP contribution in [0.1, 0.15) is 56.2 Å². The molecule has 1 atom stereocenters. The number of piperidine rings is 1. The summed E-state index contributed by atoms with van der Waals surface area (Å²) in [5.74, 6) is 0.972. The molecule has 0 spiro atoms. The summed E-state index contributed by atoms with van der Waals surface area (Å²) in [6, 6.07) is 2.63. The maximum absolute atomic E-state index is 10.9. The molecule has 0 radical (unpaired) electrons. The number of hydrogen-bond acceptors (Lipinski definition) is 4. The smallest absolute Gasteiger partial charge is 0.217 e. The van der Waals surface area contributed by atoms with Gasteiger partial charge in [-0.2, -0.15) is 0 Å². The van der Waals surface area contributed by atoms with Gasteiger partial charge in [0.25, 0.3) is 0 Å². The molecule has 1 saturated heterocycles. The fourth-order valence-corrected chi connectivity index (χ4v) is 2.96. The quantitative estimate of drug-likeness (QED) is 0.897. The Bertz CT molecular complexity index is 501. The molecule has 1 fully saturated rings. The molecule has 5 nitrogen and oxygen atoms in total. The monoisotopic (exact) mass is 290 g/mol. The van der Waals surface area contributed by atoms with E-state index in [2.05, 4.69) is 34.8 Å². The summed E-state index contributed by atoms with van der Waals surface area (Å²) in [6.45, 7) is 8.63. The second-order valence-corrected chi connectivity index (χ2v) is 6.23. The van der Waals surface area contributed by atoms with Crippen molar-refractivity contribution >= 4 is 5.91 Å². The summed E-state index contributed by atoms with van der Waals surface area (Å²) in [5.41, 5.74) is 7.27. The van der Waals surface area contributed by atoms with E-state index < -0.39 is 0 Å². The van der Waals surface area contributed by atoms with E-state index in [1.807, 2.05) is 6.92 Å². The number of rotatable bonds is 5. The van der Waals surface area contributed by atoms with E-state index in [-0.39, 0.29) is 5.91 Å². The van der Waals surface area contributed by atoms with Crippen LogP contribution < -0.4 is 5.73 Å². The van der Waals surface area contributed by atoms with Gasteiger partial charge < -0.3 is 10.6 Å². The van der Waals surface area contributed by atoms with Gasteiger partial charge in [-0.25, -0.2) is 9.97 Å². The molecule has 2 N–H and O–H groups in total. The number of carbonyl (C=O) groups excluding carboxylic acids is 1. The molecule has 1 aromatic heterocycles. The van der Waals surface area contributed by atoms with Crippen molar-refractivity contribution in [3.8, 4) is 0 Å². The second-order valence-electron chi connectivity index (χ2n) is 6.23. The van der Waals surface area contributed by atoms with Gasteiger partial charge in [0, 0.05) is 36.3 Å². The topological polar surface area (TPSA) is 72.1 Å². The number of carbonyl (C=O) groups is 1. The van der Waals surface area contributed by atoms with Crippen molar-refractivity contribution in [3.63, 3.8) is 0 Å². The van der Waals surface area contributed by atoms with Crippen LogP contribution in [0.3, 0.4) is 0 Å². The van der Waals surface area contributed by atoms with Gasteiger partial charge >= 0.3 is 0 Å². The summed E-state index contributed by atoms with van der Waals surface area (Å²) >= 11 is 0. The number of amides is 1. The molecule has 0 saturated carbocycles. The highest BCUT2D eigenvalue weighted by Crippen LogP contribution is 2.27. The first kappa shape index (κ1) is 15.9. The van der Waals surface area contributed by atoms with Crippen molar-refractivity contribution < 1.29 is 4.79 Å². The van der Waals surface area contributed by atoms with Gasteiger partial charge in [-0.3, -0.25) is 4.79 Å². The first-order chi connectivity index (χ1) is 9.95. The fourth-order valence-electron chi connectivity index (χ4n) is 2.96. The second kappa shape index (κ2) is 6.98. The molecule has 1 aliphatic rings. The maximum atomic E-state index is 10.9. The minimum atomic E-state index is -0.281. The van der Waals surface area contributed by atoms with E-state index in [1.165, 1.54) is 19.4 Å². The Morgan fingerprint density at radius 1 is 1.48 bits per heavy atom. The van der Waals surface area contributed by atoms with Gasteiger partial charge in [-0.1, -0.05) is 0 Å².